The Morgan fingerprint density at radius 3 is 2.56 bits per heavy atom. The van der Waals surface area contributed by atoms with Gasteiger partial charge in [-0.1, -0.05) is 18.2 Å². The van der Waals surface area contributed by atoms with E-state index in [0.29, 0.717) is 11.5 Å². The topological polar surface area (TPSA) is 46.0 Å². The maximum atomic E-state index is 12.7. The van der Waals surface area contributed by atoms with E-state index in [2.05, 4.69) is 9.97 Å². The van der Waals surface area contributed by atoms with E-state index in [4.69, 9.17) is 5.11 Å². The van der Waals surface area contributed by atoms with Crippen molar-refractivity contribution in [3.8, 4) is 0 Å². The van der Waals surface area contributed by atoms with E-state index < -0.39 is 0 Å². The minimum absolute atomic E-state index is 0.110. The van der Waals surface area contributed by atoms with Crippen LogP contribution in [-0.4, -0.2) is 15.1 Å². The Labute approximate surface area is 105 Å². The molecule has 0 saturated carbocycles. The molecule has 4 heteroatoms. The maximum absolute atomic E-state index is 12.7. The Balaban J connectivity index is 2.22. The van der Waals surface area contributed by atoms with Crippen LogP contribution < -0.4 is 0 Å². The molecule has 0 fully saturated rings. The highest BCUT2D eigenvalue weighted by Gasteiger charge is 1.98. The fourth-order valence-electron chi connectivity index (χ4n) is 1.58. The number of hydrogen-bond donors (Lipinski definition) is 1. The molecule has 0 radical (unpaired) electrons. The summed E-state index contributed by atoms with van der Waals surface area (Å²) >= 11 is 0. The van der Waals surface area contributed by atoms with Gasteiger partial charge in [-0.15, -0.1) is 0 Å². The van der Waals surface area contributed by atoms with Gasteiger partial charge in [0, 0.05) is 0 Å². The van der Waals surface area contributed by atoms with Gasteiger partial charge < -0.3 is 5.11 Å². The zero-order valence-electron chi connectivity index (χ0n) is 9.97. The molecular formula is C14H13FN2O. The zero-order chi connectivity index (χ0) is 13.0. The fraction of sp³-hybridized carbons (Fsp3) is 0.143. The van der Waals surface area contributed by atoms with E-state index in [1.54, 1.807) is 31.2 Å². The van der Waals surface area contributed by atoms with Crippen molar-refractivity contribution in [2.45, 2.75) is 13.5 Å². The Morgan fingerprint density at radius 2 is 1.89 bits per heavy atom. The van der Waals surface area contributed by atoms with Gasteiger partial charge in [0.25, 0.3) is 0 Å². The van der Waals surface area contributed by atoms with Crippen LogP contribution in [0.1, 0.15) is 22.8 Å². The number of hydrogen-bond acceptors (Lipinski definition) is 3. The lowest BCUT2D eigenvalue weighted by Gasteiger charge is -2.00. The van der Waals surface area contributed by atoms with Crippen LogP contribution in [0.5, 0.6) is 0 Å². The van der Waals surface area contributed by atoms with Gasteiger partial charge in [0.15, 0.2) is 0 Å². The lowest BCUT2D eigenvalue weighted by Crippen LogP contribution is -1.96. The van der Waals surface area contributed by atoms with Gasteiger partial charge in [0.2, 0.25) is 0 Å². The van der Waals surface area contributed by atoms with Gasteiger partial charge in [0.1, 0.15) is 11.6 Å². The molecule has 0 saturated heterocycles. The van der Waals surface area contributed by atoms with E-state index in [-0.39, 0.29) is 12.4 Å². The summed E-state index contributed by atoms with van der Waals surface area (Å²) in [5.41, 5.74) is 2.19. The highest BCUT2D eigenvalue weighted by Crippen LogP contribution is 2.09. The molecule has 0 aliphatic carbocycles. The van der Waals surface area contributed by atoms with E-state index in [1.165, 1.54) is 12.1 Å². The first-order valence-corrected chi connectivity index (χ1v) is 5.56. The molecule has 0 atom stereocenters. The number of halogens is 1. The smallest absolute Gasteiger partial charge is 0.126 e. The quantitative estimate of drug-likeness (QED) is 0.902. The number of aromatic nitrogens is 2. The van der Waals surface area contributed by atoms with Crippen molar-refractivity contribution in [1.29, 1.82) is 0 Å². The largest absolute Gasteiger partial charge is 0.390 e. The van der Waals surface area contributed by atoms with Crippen molar-refractivity contribution in [1.82, 2.24) is 9.97 Å². The fourth-order valence-corrected chi connectivity index (χ4v) is 1.58. The van der Waals surface area contributed by atoms with E-state index >= 15 is 0 Å². The predicted octanol–water partition coefficient (Wildman–Crippen LogP) is 2.59. The standard InChI is InChI=1S/C14H13FN2O/c1-10-16-13(8-14(9-18)17-10)7-4-11-2-5-12(15)6-3-11/h2-8,18H,9H2,1H3/b7-4+. The summed E-state index contributed by atoms with van der Waals surface area (Å²) < 4.78 is 12.7. The summed E-state index contributed by atoms with van der Waals surface area (Å²) in [5, 5.41) is 9.05. The lowest BCUT2D eigenvalue weighted by atomic mass is 10.2. The molecule has 0 aliphatic rings. The van der Waals surface area contributed by atoms with Crippen LogP contribution in [0.25, 0.3) is 12.2 Å². The third-order valence-corrected chi connectivity index (χ3v) is 2.39. The SMILES string of the molecule is Cc1nc(/C=C/c2ccc(F)cc2)cc(CO)n1. The molecule has 0 unspecified atom stereocenters. The van der Waals surface area contributed by atoms with Crippen molar-refractivity contribution in [2.24, 2.45) is 0 Å². The van der Waals surface area contributed by atoms with Crippen LogP contribution in [0.4, 0.5) is 4.39 Å². The lowest BCUT2D eigenvalue weighted by molar-refractivity contribution is 0.276. The molecule has 0 amide bonds. The van der Waals surface area contributed by atoms with Gasteiger partial charge in [-0.2, -0.15) is 0 Å². The Morgan fingerprint density at radius 1 is 1.17 bits per heavy atom. The molecule has 1 heterocycles. The van der Waals surface area contributed by atoms with Crippen LogP contribution in [0.3, 0.4) is 0 Å². The molecule has 1 N–H and O–H groups in total. The van der Waals surface area contributed by atoms with Crippen LogP contribution >= 0.6 is 0 Å². The summed E-state index contributed by atoms with van der Waals surface area (Å²) in [6.07, 6.45) is 3.64. The van der Waals surface area contributed by atoms with Crippen LogP contribution in [0.2, 0.25) is 0 Å². The number of benzene rings is 1. The summed E-state index contributed by atoms with van der Waals surface area (Å²) in [4.78, 5) is 8.31. The zero-order valence-corrected chi connectivity index (χ0v) is 9.97. The first-order valence-electron chi connectivity index (χ1n) is 5.56. The molecule has 2 rings (SSSR count). The van der Waals surface area contributed by atoms with E-state index in [0.717, 1.165) is 11.3 Å². The molecule has 0 spiro atoms. The molecular weight excluding hydrogens is 231 g/mol. The monoisotopic (exact) mass is 244 g/mol. The predicted molar refractivity (Wildman–Crippen MR) is 68.0 cm³/mol. The average Bonchev–Trinajstić information content (AvgIpc) is 2.37. The van der Waals surface area contributed by atoms with Gasteiger partial charge in [-0.05, 0) is 36.8 Å². The summed E-state index contributed by atoms with van der Waals surface area (Å²) in [6, 6.07) is 7.90. The Hall–Kier alpha value is -2.07. The summed E-state index contributed by atoms with van der Waals surface area (Å²) in [7, 11) is 0. The molecule has 3 nitrogen and oxygen atoms in total. The van der Waals surface area contributed by atoms with Crippen molar-refractivity contribution in [3.05, 3.63) is 58.9 Å². The molecule has 92 valence electrons. The second-order valence-electron chi connectivity index (χ2n) is 3.87. The van der Waals surface area contributed by atoms with Crippen molar-refractivity contribution in [2.75, 3.05) is 0 Å². The second-order valence-corrected chi connectivity index (χ2v) is 3.87. The first kappa shape index (κ1) is 12.4. The average molecular weight is 244 g/mol. The summed E-state index contributed by atoms with van der Waals surface area (Å²) in [5.74, 6) is 0.355. The highest BCUT2D eigenvalue weighted by molar-refractivity contribution is 5.67. The Bertz CT molecular complexity index is 565. The van der Waals surface area contributed by atoms with Crippen LogP contribution in [0, 0.1) is 12.7 Å². The molecule has 2 aromatic rings. The van der Waals surface area contributed by atoms with Gasteiger partial charge >= 0.3 is 0 Å². The number of aliphatic hydroxyl groups is 1. The maximum Gasteiger partial charge on any atom is 0.126 e. The van der Waals surface area contributed by atoms with Gasteiger partial charge in [0.05, 0.1) is 18.0 Å². The van der Waals surface area contributed by atoms with Crippen molar-refractivity contribution >= 4 is 12.2 Å². The third kappa shape index (κ3) is 3.21. The van der Waals surface area contributed by atoms with Gasteiger partial charge in [-0.25, -0.2) is 14.4 Å². The summed E-state index contributed by atoms with van der Waals surface area (Å²) in [6.45, 7) is 1.66. The minimum Gasteiger partial charge on any atom is -0.390 e. The number of nitrogens with zero attached hydrogens (tertiary/aromatic N) is 2. The number of aryl methyl sites for hydroxylation is 1. The molecule has 1 aromatic heterocycles. The highest BCUT2D eigenvalue weighted by atomic mass is 19.1. The van der Waals surface area contributed by atoms with E-state index in [1.807, 2.05) is 6.08 Å². The van der Waals surface area contributed by atoms with Crippen LogP contribution in [0.15, 0.2) is 30.3 Å². The molecule has 0 aliphatic heterocycles. The van der Waals surface area contributed by atoms with Crippen molar-refractivity contribution in [3.63, 3.8) is 0 Å². The molecule has 1 aromatic carbocycles. The Kier molecular flexibility index (Phi) is 3.79. The van der Waals surface area contributed by atoms with Gasteiger partial charge in [-0.3, -0.25) is 0 Å². The third-order valence-electron chi connectivity index (χ3n) is 2.39. The molecule has 0 bridgehead atoms. The second kappa shape index (κ2) is 5.51. The van der Waals surface area contributed by atoms with Crippen LogP contribution in [-0.2, 0) is 6.61 Å². The first-order chi connectivity index (χ1) is 8.67. The van der Waals surface area contributed by atoms with Crippen molar-refractivity contribution < 1.29 is 9.50 Å². The normalized spacial score (nSPS) is 11.1. The minimum atomic E-state index is -0.257. The molecule has 18 heavy (non-hydrogen) atoms. The number of rotatable bonds is 3. The number of aliphatic hydroxyl groups excluding tert-OH is 1. The van der Waals surface area contributed by atoms with E-state index in [9.17, 15) is 4.39 Å².